The number of halogens is 8. The Morgan fingerprint density at radius 3 is 2.12 bits per heavy atom. The topological polar surface area (TPSA) is 41.1 Å². The first-order valence-electron chi connectivity index (χ1n) is 9.76. The average Bonchev–Trinajstić information content (AvgIpc) is 2.73. The van der Waals surface area contributed by atoms with Crippen LogP contribution in [0.3, 0.4) is 0 Å². The molecule has 0 saturated heterocycles. The number of alkyl halides is 6. The highest BCUT2D eigenvalue weighted by Crippen LogP contribution is 2.36. The summed E-state index contributed by atoms with van der Waals surface area (Å²) in [6, 6.07) is 6.30. The van der Waals surface area contributed by atoms with Gasteiger partial charge in [0.15, 0.2) is 0 Å². The highest BCUT2D eigenvalue weighted by Gasteiger charge is 2.36. The van der Waals surface area contributed by atoms with Gasteiger partial charge in [0.2, 0.25) is 5.91 Å². The van der Waals surface area contributed by atoms with E-state index in [1.54, 1.807) is 18.2 Å². The van der Waals surface area contributed by atoms with Gasteiger partial charge in [0, 0.05) is 18.7 Å². The van der Waals surface area contributed by atoms with Crippen LogP contribution in [0.15, 0.2) is 47.5 Å². The van der Waals surface area contributed by atoms with E-state index >= 15 is 0 Å². The van der Waals surface area contributed by atoms with Crippen LogP contribution in [-0.2, 0) is 30.1 Å². The van der Waals surface area contributed by atoms with Crippen LogP contribution in [0, 0.1) is 0 Å². The number of rotatable bonds is 5. The number of hydrogen-bond acceptors (Lipinski definition) is 2. The predicted molar refractivity (Wildman–Crippen MR) is 113 cm³/mol. The fraction of sp³-hybridized carbons (Fsp3) is 0.318. The Morgan fingerprint density at radius 1 is 0.909 bits per heavy atom. The number of amides is 1. The molecule has 0 saturated carbocycles. The molecule has 3 rings (SSSR count). The van der Waals surface area contributed by atoms with Gasteiger partial charge in [-0.25, -0.2) is 0 Å². The van der Waals surface area contributed by atoms with Crippen molar-refractivity contribution in [1.82, 2.24) is 10.6 Å². The molecule has 2 aromatic rings. The molecule has 0 unspecified atom stereocenters. The molecule has 0 fully saturated rings. The molecule has 3 nitrogen and oxygen atoms in total. The first kappa shape index (κ1) is 25.4. The lowest BCUT2D eigenvalue weighted by Crippen LogP contribution is -2.33. The fourth-order valence-electron chi connectivity index (χ4n) is 3.49. The maximum absolute atomic E-state index is 13.1. The second-order valence-corrected chi connectivity index (χ2v) is 8.35. The molecule has 0 spiro atoms. The summed E-state index contributed by atoms with van der Waals surface area (Å²) in [4.78, 5) is 12.8. The zero-order chi connectivity index (χ0) is 24.4. The Balaban J connectivity index is 1.81. The fourth-order valence-corrected chi connectivity index (χ4v) is 3.81. The van der Waals surface area contributed by atoms with Crippen molar-refractivity contribution in [2.75, 3.05) is 13.1 Å². The summed E-state index contributed by atoms with van der Waals surface area (Å²) < 4.78 is 78.3. The average molecular weight is 511 g/mol. The van der Waals surface area contributed by atoms with E-state index in [9.17, 15) is 31.1 Å². The third-order valence-electron chi connectivity index (χ3n) is 5.09. The summed E-state index contributed by atoms with van der Waals surface area (Å²) in [5.41, 5.74) is -1.17. The Bertz CT molecular complexity index is 1050. The van der Waals surface area contributed by atoms with E-state index in [1.807, 2.05) is 0 Å². The van der Waals surface area contributed by atoms with E-state index in [4.69, 9.17) is 23.2 Å². The van der Waals surface area contributed by atoms with Crippen LogP contribution in [0.1, 0.15) is 28.7 Å². The molecule has 0 aliphatic carbocycles. The molecule has 0 radical (unpaired) electrons. The molecule has 1 aliphatic heterocycles. The quantitative estimate of drug-likeness (QED) is 0.471. The van der Waals surface area contributed by atoms with Crippen molar-refractivity contribution in [2.45, 2.75) is 31.7 Å². The number of hydrogen-bond donors (Lipinski definition) is 2. The van der Waals surface area contributed by atoms with E-state index in [1.165, 1.54) is 0 Å². The molecule has 1 amide bonds. The Labute approximate surface area is 195 Å². The third-order valence-corrected chi connectivity index (χ3v) is 5.83. The van der Waals surface area contributed by atoms with Gasteiger partial charge in [0.1, 0.15) is 0 Å². The van der Waals surface area contributed by atoms with Crippen LogP contribution in [-0.4, -0.2) is 19.0 Å². The minimum Gasteiger partial charge on any atom is -0.348 e. The minimum atomic E-state index is -4.95. The van der Waals surface area contributed by atoms with Crippen LogP contribution in [0.2, 0.25) is 10.0 Å². The number of carbonyl (C=O) groups excluding carboxylic acids is 1. The van der Waals surface area contributed by atoms with Gasteiger partial charge in [-0.3, -0.25) is 4.79 Å². The van der Waals surface area contributed by atoms with E-state index < -0.39 is 35.9 Å². The van der Waals surface area contributed by atoms with Gasteiger partial charge >= 0.3 is 12.4 Å². The van der Waals surface area contributed by atoms with Gasteiger partial charge in [-0.2, -0.15) is 26.3 Å². The van der Waals surface area contributed by atoms with Crippen molar-refractivity contribution < 1.29 is 31.1 Å². The van der Waals surface area contributed by atoms with Crippen molar-refractivity contribution in [3.05, 3.63) is 79.8 Å². The third kappa shape index (κ3) is 6.65. The maximum Gasteiger partial charge on any atom is 0.416 e. The smallest absolute Gasteiger partial charge is 0.348 e. The van der Waals surface area contributed by atoms with E-state index in [0.29, 0.717) is 53.7 Å². The molecule has 0 aromatic heterocycles. The van der Waals surface area contributed by atoms with Crippen molar-refractivity contribution in [1.29, 1.82) is 0 Å². The summed E-state index contributed by atoms with van der Waals surface area (Å²) in [5.74, 6) is -0.544. The number of carbonyl (C=O) groups is 1. The predicted octanol–water partition coefficient (Wildman–Crippen LogP) is 6.18. The highest BCUT2D eigenvalue weighted by atomic mass is 35.5. The lowest BCUT2D eigenvalue weighted by atomic mass is 9.94. The van der Waals surface area contributed by atoms with Crippen molar-refractivity contribution >= 4 is 29.1 Å². The molecular weight excluding hydrogens is 493 g/mol. The lowest BCUT2D eigenvalue weighted by molar-refractivity contribution is -0.143. The van der Waals surface area contributed by atoms with Gasteiger partial charge in [-0.15, -0.1) is 0 Å². The molecule has 2 aromatic carbocycles. The van der Waals surface area contributed by atoms with Gasteiger partial charge in [-0.1, -0.05) is 29.3 Å². The monoisotopic (exact) mass is 510 g/mol. The molecule has 1 aliphatic rings. The van der Waals surface area contributed by atoms with E-state index in [0.717, 1.165) is 11.1 Å². The zero-order valence-corrected chi connectivity index (χ0v) is 18.4. The SMILES string of the molecule is O=C(NCc1cc(C(F)(F)F)cc(C(F)(F)F)c1)C1=C(Cc2ccc(Cl)c(Cl)c2)CNCC1. The first-order valence-corrected chi connectivity index (χ1v) is 10.5. The molecular formula is C22H18Cl2F6N2O. The van der Waals surface area contributed by atoms with Gasteiger partial charge in [0.25, 0.3) is 0 Å². The normalized spacial score (nSPS) is 15.0. The zero-order valence-electron chi connectivity index (χ0n) is 16.9. The second-order valence-electron chi connectivity index (χ2n) is 7.53. The summed E-state index contributed by atoms with van der Waals surface area (Å²) in [6.07, 6.45) is -9.16. The van der Waals surface area contributed by atoms with Crippen LogP contribution in [0.25, 0.3) is 0 Å². The standard InChI is InChI=1S/C22H18Cl2F6N2O/c23-18-2-1-12(8-19(18)24)5-14-11-31-4-3-17(14)20(33)32-10-13-6-15(21(25,26)27)9-16(7-13)22(28,29)30/h1-2,6-9,31H,3-5,10-11H2,(H,32,33). The molecule has 2 N–H and O–H groups in total. The number of benzene rings is 2. The summed E-state index contributed by atoms with van der Waals surface area (Å²) in [6.45, 7) is 0.434. The molecule has 11 heteroatoms. The number of nitrogens with one attached hydrogen (secondary N) is 2. The second kappa shape index (κ2) is 9.95. The van der Waals surface area contributed by atoms with Gasteiger partial charge < -0.3 is 10.6 Å². The largest absolute Gasteiger partial charge is 0.416 e. The lowest BCUT2D eigenvalue weighted by Gasteiger charge is -2.22. The molecule has 1 heterocycles. The minimum absolute atomic E-state index is 0.0516. The van der Waals surface area contributed by atoms with Crippen LogP contribution < -0.4 is 10.6 Å². The van der Waals surface area contributed by atoms with Gasteiger partial charge in [-0.05, 0) is 66.4 Å². The van der Waals surface area contributed by atoms with Gasteiger partial charge in [0.05, 0.1) is 21.2 Å². The van der Waals surface area contributed by atoms with Crippen LogP contribution in [0.4, 0.5) is 26.3 Å². The van der Waals surface area contributed by atoms with Crippen molar-refractivity contribution in [3.8, 4) is 0 Å². The Hall–Kier alpha value is -2.23. The van der Waals surface area contributed by atoms with Crippen LogP contribution in [0.5, 0.6) is 0 Å². The summed E-state index contributed by atoms with van der Waals surface area (Å²) in [7, 11) is 0. The highest BCUT2D eigenvalue weighted by molar-refractivity contribution is 6.42. The van der Waals surface area contributed by atoms with Crippen molar-refractivity contribution in [3.63, 3.8) is 0 Å². The summed E-state index contributed by atoms with van der Waals surface area (Å²) in [5, 5.41) is 6.34. The first-order chi connectivity index (χ1) is 15.3. The van der Waals surface area contributed by atoms with E-state index in [2.05, 4.69) is 10.6 Å². The molecule has 178 valence electrons. The molecule has 0 bridgehead atoms. The van der Waals surface area contributed by atoms with Crippen molar-refractivity contribution in [2.24, 2.45) is 0 Å². The summed E-state index contributed by atoms with van der Waals surface area (Å²) >= 11 is 12.0. The van der Waals surface area contributed by atoms with Crippen LogP contribution >= 0.6 is 23.2 Å². The van der Waals surface area contributed by atoms with E-state index in [-0.39, 0.29) is 11.6 Å². The molecule has 33 heavy (non-hydrogen) atoms. The maximum atomic E-state index is 13.1. The Kier molecular flexibility index (Phi) is 7.65. The molecule has 0 atom stereocenters. The Morgan fingerprint density at radius 2 is 1.55 bits per heavy atom.